The van der Waals surface area contributed by atoms with Gasteiger partial charge in [0.2, 0.25) is 5.78 Å². The number of hydrogen-bond donors (Lipinski definition) is 0. The topological polar surface area (TPSA) is 43.4 Å². The van der Waals surface area contributed by atoms with Gasteiger partial charge in [0.25, 0.3) is 0 Å². The monoisotopic (exact) mass is 254 g/mol. The Morgan fingerprint density at radius 1 is 1.05 bits per heavy atom. The molecule has 96 valence electrons. The Morgan fingerprint density at radius 2 is 1.79 bits per heavy atom. The minimum Gasteiger partial charge on any atom is -0.466 e. The number of rotatable bonds is 2. The highest BCUT2D eigenvalue weighted by Gasteiger charge is 2.22. The van der Waals surface area contributed by atoms with E-state index < -0.39 is 0 Å². The van der Waals surface area contributed by atoms with Crippen molar-refractivity contribution in [1.29, 1.82) is 0 Å². The first-order valence-electron chi connectivity index (χ1n) is 6.18. The molecular weight excluding hydrogens is 240 g/mol. The third-order valence-electron chi connectivity index (χ3n) is 3.34. The van der Waals surface area contributed by atoms with E-state index >= 15 is 0 Å². The summed E-state index contributed by atoms with van der Waals surface area (Å²) in [4.78, 5) is 12.5. The second-order valence-corrected chi connectivity index (χ2v) is 4.71. The number of para-hydroxylation sites is 1. The summed E-state index contributed by atoms with van der Waals surface area (Å²) < 4.78 is 11.1. The lowest BCUT2D eigenvalue weighted by atomic mass is 10.1. The van der Waals surface area contributed by atoms with E-state index in [-0.39, 0.29) is 5.78 Å². The third-order valence-corrected chi connectivity index (χ3v) is 3.34. The van der Waals surface area contributed by atoms with Crippen LogP contribution in [0.5, 0.6) is 0 Å². The van der Waals surface area contributed by atoms with Crippen molar-refractivity contribution in [3.63, 3.8) is 0 Å². The Bertz CT molecular complexity index is 774. The molecule has 0 spiro atoms. The van der Waals surface area contributed by atoms with E-state index in [1.807, 2.05) is 38.1 Å². The highest BCUT2D eigenvalue weighted by Crippen LogP contribution is 2.28. The summed E-state index contributed by atoms with van der Waals surface area (Å²) in [5, 5.41) is 0.976. The lowest BCUT2D eigenvalue weighted by Crippen LogP contribution is -2.01. The maximum absolute atomic E-state index is 12.5. The van der Waals surface area contributed by atoms with E-state index in [2.05, 4.69) is 0 Å². The van der Waals surface area contributed by atoms with E-state index in [9.17, 15) is 4.79 Å². The zero-order valence-corrected chi connectivity index (χ0v) is 11.1. The molecule has 3 nitrogen and oxygen atoms in total. The van der Waals surface area contributed by atoms with Crippen LogP contribution < -0.4 is 0 Å². The lowest BCUT2D eigenvalue weighted by Gasteiger charge is -1.96. The number of ketones is 1. The average molecular weight is 254 g/mol. The van der Waals surface area contributed by atoms with Gasteiger partial charge in [-0.2, -0.15) is 0 Å². The van der Waals surface area contributed by atoms with Crippen molar-refractivity contribution in [1.82, 2.24) is 0 Å². The smallest absolute Gasteiger partial charge is 0.232 e. The van der Waals surface area contributed by atoms with Crippen molar-refractivity contribution in [2.24, 2.45) is 0 Å². The van der Waals surface area contributed by atoms with E-state index in [4.69, 9.17) is 8.83 Å². The molecule has 3 aromatic rings. The fourth-order valence-corrected chi connectivity index (χ4v) is 2.37. The van der Waals surface area contributed by atoms with Crippen LogP contribution in [0.4, 0.5) is 0 Å². The van der Waals surface area contributed by atoms with Crippen molar-refractivity contribution in [2.75, 3.05) is 0 Å². The van der Waals surface area contributed by atoms with Crippen molar-refractivity contribution < 1.29 is 13.6 Å². The van der Waals surface area contributed by atoms with Crippen molar-refractivity contribution in [3.8, 4) is 0 Å². The Balaban J connectivity index is 2.17. The van der Waals surface area contributed by atoms with E-state index in [1.54, 1.807) is 13.0 Å². The van der Waals surface area contributed by atoms with Gasteiger partial charge in [-0.05, 0) is 32.9 Å². The number of hydrogen-bond acceptors (Lipinski definition) is 3. The first-order chi connectivity index (χ1) is 9.08. The molecule has 0 N–H and O–H groups in total. The van der Waals surface area contributed by atoms with E-state index in [0.29, 0.717) is 17.1 Å². The van der Waals surface area contributed by atoms with Gasteiger partial charge in [-0.3, -0.25) is 4.79 Å². The second-order valence-electron chi connectivity index (χ2n) is 4.71. The van der Waals surface area contributed by atoms with Gasteiger partial charge in [0.05, 0.1) is 5.56 Å². The Hall–Kier alpha value is -2.29. The average Bonchev–Trinajstić information content (AvgIpc) is 2.90. The van der Waals surface area contributed by atoms with Crippen LogP contribution in [0.1, 0.15) is 33.2 Å². The molecule has 0 unspecified atom stereocenters. The Kier molecular flexibility index (Phi) is 2.56. The van der Waals surface area contributed by atoms with Gasteiger partial charge in [0, 0.05) is 10.9 Å². The molecule has 2 heterocycles. The van der Waals surface area contributed by atoms with Crippen molar-refractivity contribution >= 4 is 16.8 Å². The molecule has 0 aliphatic rings. The molecule has 0 fully saturated rings. The standard InChI is InChI=1S/C16H14O3/c1-9-8-13(11(3)18-9)15(17)16-10(2)12-6-4-5-7-14(12)19-16/h4-8H,1-3H3. The van der Waals surface area contributed by atoms with Gasteiger partial charge >= 0.3 is 0 Å². The maximum atomic E-state index is 12.5. The van der Waals surface area contributed by atoms with E-state index in [0.717, 1.165) is 22.3 Å². The van der Waals surface area contributed by atoms with Crippen LogP contribution >= 0.6 is 0 Å². The summed E-state index contributed by atoms with van der Waals surface area (Å²) in [6.07, 6.45) is 0. The molecule has 0 amide bonds. The molecule has 0 aliphatic heterocycles. The van der Waals surface area contributed by atoms with Gasteiger partial charge in [-0.15, -0.1) is 0 Å². The molecule has 0 saturated heterocycles. The molecule has 1 aromatic carbocycles. The summed E-state index contributed by atoms with van der Waals surface area (Å²) in [6.45, 7) is 5.52. The van der Waals surface area contributed by atoms with Gasteiger partial charge in [0.15, 0.2) is 5.76 Å². The number of carbonyl (C=O) groups excluding carboxylic acids is 1. The lowest BCUT2D eigenvalue weighted by molar-refractivity contribution is 0.101. The number of carbonyl (C=O) groups is 1. The fourth-order valence-electron chi connectivity index (χ4n) is 2.37. The van der Waals surface area contributed by atoms with Crippen molar-refractivity contribution in [2.45, 2.75) is 20.8 Å². The minimum atomic E-state index is -0.122. The largest absolute Gasteiger partial charge is 0.466 e. The number of benzene rings is 1. The first kappa shape index (κ1) is 11.8. The van der Waals surface area contributed by atoms with Gasteiger partial charge in [-0.1, -0.05) is 18.2 Å². The van der Waals surface area contributed by atoms with Gasteiger partial charge < -0.3 is 8.83 Å². The van der Waals surface area contributed by atoms with Crippen LogP contribution in [-0.2, 0) is 0 Å². The number of furan rings is 2. The molecule has 0 aliphatic carbocycles. The number of aryl methyl sites for hydroxylation is 3. The van der Waals surface area contributed by atoms with Crippen LogP contribution in [0.25, 0.3) is 11.0 Å². The summed E-state index contributed by atoms with van der Waals surface area (Å²) >= 11 is 0. The molecular formula is C16H14O3. The molecule has 2 aromatic heterocycles. The predicted molar refractivity (Wildman–Crippen MR) is 72.6 cm³/mol. The zero-order valence-electron chi connectivity index (χ0n) is 11.1. The van der Waals surface area contributed by atoms with Crippen LogP contribution in [0.2, 0.25) is 0 Å². The van der Waals surface area contributed by atoms with Crippen LogP contribution in [-0.4, -0.2) is 5.78 Å². The van der Waals surface area contributed by atoms with Crippen LogP contribution in [0, 0.1) is 20.8 Å². The van der Waals surface area contributed by atoms with Gasteiger partial charge in [0.1, 0.15) is 17.1 Å². The predicted octanol–water partition coefficient (Wildman–Crippen LogP) is 4.18. The third kappa shape index (κ3) is 1.78. The highest BCUT2D eigenvalue weighted by atomic mass is 16.4. The zero-order chi connectivity index (χ0) is 13.6. The first-order valence-corrected chi connectivity index (χ1v) is 6.18. The quantitative estimate of drug-likeness (QED) is 0.644. The second kappa shape index (κ2) is 4.12. The Morgan fingerprint density at radius 3 is 2.42 bits per heavy atom. The SMILES string of the molecule is Cc1cc(C(=O)c2oc3ccccc3c2C)c(C)o1. The molecule has 0 atom stereocenters. The van der Waals surface area contributed by atoms with Crippen molar-refractivity contribution in [3.05, 3.63) is 58.7 Å². The maximum Gasteiger partial charge on any atom is 0.232 e. The molecule has 0 saturated carbocycles. The molecule has 0 bridgehead atoms. The molecule has 0 radical (unpaired) electrons. The Labute approximate surface area is 110 Å². The fraction of sp³-hybridized carbons (Fsp3) is 0.188. The van der Waals surface area contributed by atoms with E-state index in [1.165, 1.54) is 0 Å². The molecule has 19 heavy (non-hydrogen) atoms. The summed E-state index contributed by atoms with van der Waals surface area (Å²) in [6, 6.07) is 9.41. The number of fused-ring (bicyclic) bond motifs is 1. The van der Waals surface area contributed by atoms with Gasteiger partial charge in [-0.25, -0.2) is 0 Å². The summed E-state index contributed by atoms with van der Waals surface area (Å²) in [5.74, 6) is 1.63. The minimum absolute atomic E-state index is 0.122. The normalized spacial score (nSPS) is 11.1. The summed E-state index contributed by atoms with van der Waals surface area (Å²) in [5.41, 5.74) is 2.18. The van der Waals surface area contributed by atoms with Crippen LogP contribution in [0.15, 0.2) is 39.2 Å². The summed E-state index contributed by atoms with van der Waals surface area (Å²) in [7, 11) is 0. The molecule has 3 heteroatoms. The van der Waals surface area contributed by atoms with Crippen LogP contribution in [0.3, 0.4) is 0 Å². The molecule has 3 rings (SSSR count). The highest BCUT2D eigenvalue weighted by molar-refractivity contribution is 6.11.